The number of aromatic nitrogens is 4. The van der Waals surface area contributed by atoms with Crippen LogP contribution in [0.3, 0.4) is 0 Å². The Labute approximate surface area is 122 Å². The molecule has 0 aromatic carbocycles. The van der Waals surface area contributed by atoms with Crippen molar-refractivity contribution in [2.75, 3.05) is 0 Å². The number of nitrogens with zero attached hydrogens (tertiary/aromatic N) is 4. The van der Waals surface area contributed by atoms with Gasteiger partial charge < -0.3 is 0 Å². The summed E-state index contributed by atoms with van der Waals surface area (Å²) in [5.74, 6) is 0. The molecule has 0 saturated heterocycles. The van der Waals surface area contributed by atoms with E-state index >= 15 is 0 Å². The summed E-state index contributed by atoms with van der Waals surface area (Å²) in [7, 11) is 0. The Morgan fingerprint density at radius 3 is 2.39 bits per heavy atom. The van der Waals surface area contributed by atoms with Crippen molar-refractivity contribution in [1.29, 1.82) is 0 Å². The highest BCUT2D eigenvalue weighted by Crippen LogP contribution is 2.17. The molecule has 2 rings (SSSR count). The van der Waals surface area contributed by atoms with Crippen LogP contribution < -0.4 is 0 Å². The van der Waals surface area contributed by atoms with Gasteiger partial charge in [-0.15, -0.1) is 0 Å². The van der Waals surface area contributed by atoms with Crippen LogP contribution in [0, 0.1) is 17.4 Å². The van der Waals surface area contributed by atoms with Gasteiger partial charge in [0.1, 0.15) is 0 Å². The quantitative estimate of drug-likeness (QED) is 0.788. The van der Waals surface area contributed by atoms with Gasteiger partial charge in [-0.2, -0.15) is 10.2 Å². The van der Waals surface area contributed by atoms with Crippen LogP contribution in [0.25, 0.3) is 0 Å². The first-order chi connectivity index (χ1) is 8.56. The van der Waals surface area contributed by atoms with Crippen molar-refractivity contribution in [3.05, 3.63) is 32.4 Å². The van der Waals surface area contributed by atoms with Gasteiger partial charge >= 0.3 is 0 Å². The lowest BCUT2D eigenvalue weighted by Gasteiger charge is -2.06. The standard InChI is InChI=1S/C13H19IN4/c1-5-11-7-12(17(6-2)16-11)8-18-10(4)13(14)9(3)15-18/h7H,5-6,8H2,1-4H3. The average Bonchev–Trinajstić information content (AvgIpc) is 2.87. The molecule has 0 atom stereocenters. The van der Waals surface area contributed by atoms with Crippen LogP contribution in [0.15, 0.2) is 6.07 Å². The number of hydrogen-bond acceptors (Lipinski definition) is 2. The third-order valence-electron chi connectivity index (χ3n) is 3.18. The summed E-state index contributed by atoms with van der Waals surface area (Å²) < 4.78 is 5.40. The molecule has 0 bridgehead atoms. The lowest BCUT2D eigenvalue weighted by atomic mass is 10.3. The van der Waals surface area contributed by atoms with Crippen molar-refractivity contribution in [3.8, 4) is 0 Å². The minimum absolute atomic E-state index is 0.802. The molecule has 0 aliphatic carbocycles. The maximum atomic E-state index is 4.58. The highest BCUT2D eigenvalue weighted by Gasteiger charge is 2.12. The maximum Gasteiger partial charge on any atom is 0.0831 e. The Kier molecular flexibility index (Phi) is 4.09. The van der Waals surface area contributed by atoms with Gasteiger partial charge in [0, 0.05) is 12.2 Å². The SMILES string of the molecule is CCc1cc(Cn2nc(C)c(I)c2C)n(CC)n1. The Morgan fingerprint density at radius 2 is 1.89 bits per heavy atom. The second kappa shape index (κ2) is 5.42. The van der Waals surface area contributed by atoms with Crippen LogP contribution in [0.4, 0.5) is 0 Å². The molecule has 0 spiro atoms. The van der Waals surface area contributed by atoms with E-state index in [1.807, 2.05) is 0 Å². The van der Waals surface area contributed by atoms with Crippen LogP contribution in [-0.2, 0) is 19.5 Å². The van der Waals surface area contributed by atoms with Crippen molar-refractivity contribution >= 4 is 22.6 Å². The van der Waals surface area contributed by atoms with E-state index in [4.69, 9.17) is 0 Å². The molecule has 0 radical (unpaired) electrons. The second-order valence-electron chi connectivity index (χ2n) is 4.44. The van der Waals surface area contributed by atoms with Gasteiger partial charge in [-0.25, -0.2) is 0 Å². The second-order valence-corrected chi connectivity index (χ2v) is 5.52. The fraction of sp³-hybridized carbons (Fsp3) is 0.538. The largest absolute Gasteiger partial charge is 0.268 e. The summed E-state index contributed by atoms with van der Waals surface area (Å²) in [5.41, 5.74) is 4.72. The van der Waals surface area contributed by atoms with Crippen LogP contribution in [0.5, 0.6) is 0 Å². The molecule has 4 nitrogen and oxygen atoms in total. The average molecular weight is 358 g/mol. The molecule has 0 N–H and O–H groups in total. The molecule has 0 amide bonds. The van der Waals surface area contributed by atoms with E-state index in [-0.39, 0.29) is 0 Å². The first-order valence-electron chi connectivity index (χ1n) is 6.31. The summed E-state index contributed by atoms with van der Waals surface area (Å²) >= 11 is 2.36. The van der Waals surface area contributed by atoms with Crippen molar-refractivity contribution in [1.82, 2.24) is 19.6 Å². The number of aryl methyl sites for hydroxylation is 3. The molecule has 18 heavy (non-hydrogen) atoms. The Hall–Kier alpha value is -0.850. The van der Waals surface area contributed by atoms with Crippen LogP contribution in [0.1, 0.15) is 36.6 Å². The van der Waals surface area contributed by atoms with Crippen molar-refractivity contribution in [3.63, 3.8) is 0 Å². The summed E-state index contributed by atoms with van der Waals surface area (Å²) in [6.45, 7) is 10.1. The zero-order valence-electron chi connectivity index (χ0n) is 11.4. The van der Waals surface area contributed by atoms with Crippen LogP contribution in [-0.4, -0.2) is 19.6 Å². The zero-order chi connectivity index (χ0) is 13.3. The topological polar surface area (TPSA) is 35.6 Å². The predicted molar refractivity (Wildman–Crippen MR) is 80.8 cm³/mol. The normalized spacial score (nSPS) is 11.2. The van der Waals surface area contributed by atoms with Gasteiger partial charge in [0.25, 0.3) is 0 Å². The van der Waals surface area contributed by atoms with E-state index in [9.17, 15) is 0 Å². The van der Waals surface area contributed by atoms with E-state index in [1.54, 1.807) is 0 Å². The summed E-state index contributed by atoms with van der Waals surface area (Å²) in [5, 5.41) is 9.16. The minimum Gasteiger partial charge on any atom is -0.268 e. The highest BCUT2D eigenvalue weighted by atomic mass is 127. The Morgan fingerprint density at radius 1 is 1.17 bits per heavy atom. The molecular formula is C13H19IN4. The molecule has 0 aliphatic heterocycles. The van der Waals surface area contributed by atoms with Gasteiger partial charge in [-0.05, 0) is 55.8 Å². The molecule has 2 aromatic heterocycles. The first kappa shape index (κ1) is 13.6. The monoisotopic (exact) mass is 358 g/mol. The molecule has 2 aromatic rings. The minimum atomic E-state index is 0.802. The first-order valence-corrected chi connectivity index (χ1v) is 7.39. The van der Waals surface area contributed by atoms with E-state index in [0.29, 0.717) is 0 Å². The van der Waals surface area contributed by atoms with Crippen LogP contribution >= 0.6 is 22.6 Å². The van der Waals surface area contributed by atoms with Gasteiger partial charge in [0.2, 0.25) is 0 Å². The fourth-order valence-electron chi connectivity index (χ4n) is 2.07. The molecule has 98 valence electrons. The number of halogens is 1. The van der Waals surface area contributed by atoms with E-state index < -0.39 is 0 Å². The van der Waals surface area contributed by atoms with E-state index in [0.717, 1.165) is 30.9 Å². The molecule has 0 saturated carbocycles. The van der Waals surface area contributed by atoms with Gasteiger partial charge in [0.15, 0.2) is 0 Å². The zero-order valence-corrected chi connectivity index (χ0v) is 13.5. The molecule has 0 unspecified atom stereocenters. The molecular weight excluding hydrogens is 339 g/mol. The third-order valence-corrected chi connectivity index (χ3v) is 4.74. The van der Waals surface area contributed by atoms with Gasteiger partial charge in [-0.3, -0.25) is 9.36 Å². The number of hydrogen-bond donors (Lipinski definition) is 0. The maximum absolute atomic E-state index is 4.58. The molecule has 0 aliphatic rings. The lowest BCUT2D eigenvalue weighted by molar-refractivity contribution is 0.565. The number of rotatable bonds is 4. The summed E-state index contributed by atoms with van der Waals surface area (Å²) in [4.78, 5) is 0. The molecule has 5 heteroatoms. The van der Waals surface area contributed by atoms with Crippen molar-refractivity contribution in [2.24, 2.45) is 0 Å². The smallest absolute Gasteiger partial charge is 0.0831 e. The highest BCUT2D eigenvalue weighted by molar-refractivity contribution is 14.1. The van der Waals surface area contributed by atoms with Crippen LogP contribution in [0.2, 0.25) is 0 Å². The Balaban J connectivity index is 2.33. The van der Waals surface area contributed by atoms with Crippen molar-refractivity contribution in [2.45, 2.75) is 47.2 Å². The van der Waals surface area contributed by atoms with Crippen molar-refractivity contribution < 1.29 is 0 Å². The Bertz CT molecular complexity index is 554. The third kappa shape index (κ3) is 2.46. The molecule has 0 fully saturated rings. The summed E-state index contributed by atoms with van der Waals surface area (Å²) in [6, 6.07) is 2.19. The molecule has 2 heterocycles. The summed E-state index contributed by atoms with van der Waals surface area (Å²) in [6.07, 6.45) is 0.981. The van der Waals surface area contributed by atoms with Gasteiger partial charge in [-0.1, -0.05) is 6.92 Å². The van der Waals surface area contributed by atoms with E-state index in [1.165, 1.54) is 15.0 Å². The lowest BCUT2D eigenvalue weighted by Crippen LogP contribution is -2.10. The predicted octanol–water partition coefficient (Wildman–Crippen LogP) is 2.93. The van der Waals surface area contributed by atoms with Gasteiger partial charge in [0.05, 0.1) is 27.2 Å². The fourth-order valence-corrected chi connectivity index (χ4v) is 2.46. The van der Waals surface area contributed by atoms with E-state index in [2.05, 4.69) is 75.9 Å².